The van der Waals surface area contributed by atoms with Crippen LogP contribution in [0.15, 0.2) is 24.3 Å². The third-order valence-corrected chi connectivity index (χ3v) is 3.49. The second kappa shape index (κ2) is 4.79. The molecule has 1 fully saturated rings. The van der Waals surface area contributed by atoms with Crippen molar-refractivity contribution in [2.24, 2.45) is 0 Å². The summed E-state index contributed by atoms with van der Waals surface area (Å²) in [7, 11) is 0. The smallest absolute Gasteiger partial charge is 0.150 e. The van der Waals surface area contributed by atoms with E-state index in [1.54, 1.807) is 0 Å². The van der Waals surface area contributed by atoms with E-state index in [4.69, 9.17) is 0 Å². The Morgan fingerprint density at radius 1 is 1.19 bits per heavy atom. The largest absolute Gasteiger partial charge is 0.390 e. The highest BCUT2D eigenvalue weighted by atomic mass is 16.3. The molecule has 1 N–H and O–H groups in total. The second-order valence-electron chi connectivity index (χ2n) is 4.78. The van der Waals surface area contributed by atoms with E-state index < -0.39 is 5.60 Å². The molecule has 2 nitrogen and oxygen atoms in total. The molecule has 0 aromatic heterocycles. The van der Waals surface area contributed by atoms with Gasteiger partial charge in [-0.3, -0.25) is 4.79 Å². The van der Waals surface area contributed by atoms with Crippen LogP contribution in [-0.2, 0) is 6.42 Å². The lowest BCUT2D eigenvalue weighted by molar-refractivity contribution is 0.00442. The van der Waals surface area contributed by atoms with Crippen molar-refractivity contribution >= 4 is 6.29 Å². The van der Waals surface area contributed by atoms with E-state index in [1.807, 2.05) is 24.3 Å². The van der Waals surface area contributed by atoms with E-state index in [0.717, 1.165) is 37.5 Å². The monoisotopic (exact) mass is 218 g/mol. The minimum atomic E-state index is -0.586. The molecule has 0 atom stereocenters. The summed E-state index contributed by atoms with van der Waals surface area (Å²) in [4.78, 5) is 10.9. The van der Waals surface area contributed by atoms with Crippen molar-refractivity contribution in [3.63, 3.8) is 0 Å². The van der Waals surface area contributed by atoms with Gasteiger partial charge in [0.15, 0.2) is 0 Å². The van der Waals surface area contributed by atoms with Gasteiger partial charge in [-0.05, 0) is 18.4 Å². The van der Waals surface area contributed by atoms with Crippen LogP contribution < -0.4 is 0 Å². The summed E-state index contributed by atoms with van der Waals surface area (Å²) >= 11 is 0. The van der Waals surface area contributed by atoms with Crippen molar-refractivity contribution in [3.8, 4) is 0 Å². The van der Waals surface area contributed by atoms with Gasteiger partial charge in [-0.25, -0.2) is 0 Å². The molecule has 2 rings (SSSR count). The molecule has 0 unspecified atom stereocenters. The van der Waals surface area contributed by atoms with Gasteiger partial charge in [0.1, 0.15) is 6.29 Å². The van der Waals surface area contributed by atoms with Crippen molar-refractivity contribution in [1.82, 2.24) is 0 Å². The highest BCUT2D eigenvalue weighted by molar-refractivity contribution is 5.77. The third kappa shape index (κ3) is 2.50. The average Bonchev–Trinajstić information content (AvgIpc) is 2.30. The first-order valence-electron chi connectivity index (χ1n) is 5.99. The Kier molecular flexibility index (Phi) is 3.39. The van der Waals surface area contributed by atoms with Gasteiger partial charge in [-0.1, -0.05) is 43.5 Å². The molecular weight excluding hydrogens is 200 g/mol. The highest BCUT2D eigenvalue weighted by Gasteiger charge is 2.29. The summed E-state index contributed by atoms with van der Waals surface area (Å²) < 4.78 is 0. The first kappa shape index (κ1) is 11.3. The Hall–Kier alpha value is -1.15. The van der Waals surface area contributed by atoms with Crippen LogP contribution in [-0.4, -0.2) is 17.0 Å². The second-order valence-corrected chi connectivity index (χ2v) is 4.78. The number of aliphatic hydroxyl groups is 1. The minimum absolute atomic E-state index is 0.586. The molecule has 0 amide bonds. The molecular formula is C14H18O2. The third-order valence-electron chi connectivity index (χ3n) is 3.49. The quantitative estimate of drug-likeness (QED) is 0.792. The predicted octanol–water partition coefficient (Wildman–Crippen LogP) is 2.74. The number of carbonyl (C=O) groups excluding carboxylic acids is 1. The maximum absolute atomic E-state index is 10.9. The van der Waals surface area contributed by atoms with Crippen LogP contribution in [0.3, 0.4) is 0 Å². The Bertz CT molecular complexity index is 365. The zero-order valence-corrected chi connectivity index (χ0v) is 9.48. The topological polar surface area (TPSA) is 37.3 Å². The van der Waals surface area contributed by atoms with Crippen LogP contribution in [0.25, 0.3) is 0 Å². The fraction of sp³-hybridized carbons (Fsp3) is 0.500. The first-order valence-corrected chi connectivity index (χ1v) is 5.99. The number of benzene rings is 1. The van der Waals surface area contributed by atoms with E-state index in [1.165, 1.54) is 6.42 Å². The highest BCUT2D eigenvalue weighted by Crippen LogP contribution is 2.31. The Labute approximate surface area is 96.3 Å². The molecule has 16 heavy (non-hydrogen) atoms. The average molecular weight is 218 g/mol. The summed E-state index contributed by atoms with van der Waals surface area (Å²) in [5.41, 5.74) is 1.10. The molecule has 0 heterocycles. The van der Waals surface area contributed by atoms with Gasteiger partial charge < -0.3 is 5.11 Å². The molecule has 86 valence electrons. The molecule has 0 bridgehead atoms. The van der Waals surface area contributed by atoms with Crippen LogP contribution in [0.1, 0.15) is 48.0 Å². The van der Waals surface area contributed by atoms with E-state index in [9.17, 15) is 9.90 Å². The normalized spacial score (nSPS) is 19.3. The predicted molar refractivity (Wildman–Crippen MR) is 63.6 cm³/mol. The van der Waals surface area contributed by atoms with Crippen molar-refractivity contribution in [1.29, 1.82) is 0 Å². The maximum atomic E-state index is 10.9. The molecule has 2 heteroatoms. The van der Waals surface area contributed by atoms with Crippen LogP contribution >= 0.6 is 0 Å². The zero-order chi connectivity index (χ0) is 11.4. The van der Waals surface area contributed by atoms with E-state index in [0.29, 0.717) is 12.0 Å². The lowest BCUT2D eigenvalue weighted by atomic mass is 9.80. The minimum Gasteiger partial charge on any atom is -0.390 e. The Balaban J connectivity index is 2.15. The zero-order valence-electron chi connectivity index (χ0n) is 9.48. The number of hydrogen-bond acceptors (Lipinski definition) is 2. The Morgan fingerprint density at radius 3 is 2.56 bits per heavy atom. The number of rotatable bonds is 3. The summed E-state index contributed by atoms with van der Waals surface area (Å²) in [6.07, 6.45) is 6.63. The lowest BCUT2D eigenvalue weighted by Crippen LogP contribution is -2.34. The van der Waals surface area contributed by atoms with E-state index in [2.05, 4.69) is 0 Å². The molecule has 1 aliphatic rings. The maximum Gasteiger partial charge on any atom is 0.150 e. The van der Waals surface area contributed by atoms with E-state index in [-0.39, 0.29) is 0 Å². The molecule has 0 aliphatic heterocycles. The van der Waals surface area contributed by atoms with Gasteiger partial charge in [-0.2, -0.15) is 0 Å². The number of aldehydes is 1. The van der Waals surface area contributed by atoms with Crippen LogP contribution in [0.4, 0.5) is 0 Å². The van der Waals surface area contributed by atoms with Crippen molar-refractivity contribution < 1.29 is 9.90 Å². The summed E-state index contributed by atoms with van der Waals surface area (Å²) in [6.45, 7) is 0. The Morgan fingerprint density at radius 2 is 1.88 bits per heavy atom. The standard InChI is InChI=1S/C14H18O2/c15-11-13-7-3-2-6-12(13)10-14(16)8-4-1-5-9-14/h2-3,6-7,11,16H,1,4-5,8-10H2. The van der Waals surface area contributed by atoms with Crippen LogP contribution in [0, 0.1) is 0 Å². The van der Waals surface area contributed by atoms with Crippen LogP contribution in [0.5, 0.6) is 0 Å². The van der Waals surface area contributed by atoms with Gasteiger partial charge in [0, 0.05) is 12.0 Å². The molecule has 1 aromatic carbocycles. The molecule has 0 saturated heterocycles. The van der Waals surface area contributed by atoms with Gasteiger partial charge >= 0.3 is 0 Å². The fourth-order valence-corrected chi connectivity index (χ4v) is 2.55. The van der Waals surface area contributed by atoms with Gasteiger partial charge in [0.05, 0.1) is 5.60 Å². The lowest BCUT2D eigenvalue weighted by Gasteiger charge is -2.32. The SMILES string of the molecule is O=Cc1ccccc1CC1(O)CCCCC1. The van der Waals surface area contributed by atoms with Gasteiger partial charge in [0.25, 0.3) is 0 Å². The molecule has 1 aromatic rings. The van der Waals surface area contributed by atoms with Crippen LogP contribution in [0.2, 0.25) is 0 Å². The first-order chi connectivity index (χ1) is 7.73. The molecule has 1 aliphatic carbocycles. The summed E-state index contributed by atoms with van der Waals surface area (Å²) in [5, 5.41) is 10.4. The van der Waals surface area contributed by atoms with E-state index >= 15 is 0 Å². The van der Waals surface area contributed by atoms with Crippen molar-refractivity contribution in [2.45, 2.75) is 44.1 Å². The molecule has 1 saturated carbocycles. The molecule has 0 radical (unpaired) electrons. The van der Waals surface area contributed by atoms with Crippen molar-refractivity contribution in [3.05, 3.63) is 35.4 Å². The summed E-state index contributed by atoms with van der Waals surface area (Å²) in [6, 6.07) is 7.54. The number of carbonyl (C=O) groups is 1. The molecule has 0 spiro atoms. The van der Waals surface area contributed by atoms with Crippen molar-refractivity contribution in [2.75, 3.05) is 0 Å². The van der Waals surface area contributed by atoms with Gasteiger partial charge in [-0.15, -0.1) is 0 Å². The fourth-order valence-electron chi connectivity index (χ4n) is 2.55. The number of hydrogen-bond donors (Lipinski definition) is 1. The summed E-state index contributed by atoms with van der Waals surface area (Å²) in [5.74, 6) is 0. The van der Waals surface area contributed by atoms with Gasteiger partial charge in [0.2, 0.25) is 0 Å².